The predicted molar refractivity (Wildman–Crippen MR) is 84.3 cm³/mol. The third-order valence-electron chi connectivity index (χ3n) is 3.70. The summed E-state index contributed by atoms with van der Waals surface area (Å²) >= 11 is 3.26. The lowest BCUT2D eigenvalue weighted by atomic mass is 9.85. The minimum atomic E-state index is -3.63. The van der Waals surface area contributed by atoms with Crippen molar-refractivity contribution in [3.63, 3.8) is 0 Å². The highest BCUT2D eigenvalue weighted by molar-refractivity contribution is 9.10. The average molecular weight is 375 g/mol. The van der Waals surface area contributed by atoms with Crippen molar-refractivity contribution in [2.24, 2.45) is 5.92 Å². The summed E-state index contributed by atoms with van der Waals surface area (Å²) < 4.78 is 26.5. The molecule has 1 fully saturated rings. The molecule has 1 aliphatic rings. The molecule has 0 heterocycles. The molecule has 1 amide bonds. The largest absolute Gasteiger partial charge is 0.355 e. The van der Waals surface area contributed by atoms with Crippen LogP contribution in [0.3, 0.4) is 0 Å². The molecule has 7 heteroatoms. The monoisotopic (exact) mass is 374 g/mol. The Kier molecular flexibility index (Phi) is 5.40. The summed E-state index contributed by atoms with van der Waals surface area (Å²) in [5, 5.41) is 2.80. The van der Waals surface area contributed by atoms with E-state index < -0.39 is 10.0 Å². The maximum absolute atomic E-state index is 12.3. The molecule has 0 saturated heterocycles. The highest BCUT2D eigenvalue weighted by atomic mass is 79.9. The fraction of sp³-hybridized carbons (Fsp3) is 0.500. The van der Waals surface area contributed by atoms with Crippen LogP contribution in [0.4, 0.5) is 0 Å². The number of nitrogens with one attached hydrogen (secondary N) is 1. The van der Waals surface area contributed by atoms with Crippen LogP contribution in [0.15, 0.2) is 33.6 Å². The Bertz CT molecular complexity index is 597. The zero-order valence-corrected chi connectivity index (χ0v) is 14.3. The Hall–Kier alpha value is -0.920. The zero-order chi connectivity index (χ0) is 15.5. The molecular weight excluding hydrogens is 356 g/mol. The van der Waals surface area contributed by atoms with E-state index >= 15 is 0 Å². The molecule has 1 aliphatic carbocycles. The SMILES string of the molecule is CN(CC(=O)NCC1CCC1)S(=O)(=O)c1ccc(Br)cc1. The van der Waals surface area contributed by atoms with Crippen molar-refractivity contribution in [3.8, 4) is 0 Å². The molecular formula is C14H19BrN2O3S. The Morgan fingerprint density at radius 1 is 1.33 bits per heavy atom. The van der Waals surface area contributed by atoms with E-state index in [4.69, 9.17) is 0 Å². The molecule has 116 valence electrons. The van der Waals surface area contributed by atoms with Gasteiger partial charge in [-0.15, -0.1) is 0 Å². The summed E-state index contributed by atoms with van der Waals surface area (Å²) in [6, 6.07) is 6.36. The topological polar surface area (TPSA) is 66.5 Å². The molecule has 0 bridgehead atoms. The van der Waals surface area contributed by atoms with Crippen molar-refractivity contribution in [1.82, 2.24) is 9.62 Å². The fourth-order valence-electron chi connectivity index (χ4n) is 2.08. The van der Waals surface area contributed by atoms with Gasteiger partial charge in [-0.2, -0.15) is 4.31 Å². The minimum absolute atomic E-state index is 0.162. The van der Waals surface area contributed by atoms with E-state index in [2.05, 4.69) is 21.2 Å². The lowest BCUT2D eigenvalue weighted by Crippen LogP contribution is -2.40. The molecule has 1 N–H and O–H groups in total. The first-order valence-electron chi connectivity index (χ1n) is 6.88. The van der Waals surface area contributed by atoms with Crippen LogP contribution in [0, 0.1) is 5.92 Å². The number of hydrogen-bond acceptors (Lipinski definition) is 3. The molecule has 0 aromatic heterocycles. The molecule has 0 unspecified atom stereocenters. The van der Waals surface area contributed by atoms with Gasteiger partial charge in [0.15, 0.2) is 0 Å². The Morgan fingerprint density at radius 2 is 1.95 bits per heavy atom. The Labute approximate surface area is 133 Å². The van der Waals surface area contributed by atoms with Crippen LogP contribution in [-0.4, -0.2) is 38.8 Å². The van der Waals surface area contributed by atoms with Crippen LogP contribution in [0.25, 0.3) is 0 Å². The number of benzene rings is 1. The highest BCUT2D eigenvalue weighted by Crippen LogP contribution is 2.25. The molecule has 21 heavy (non-hydrogen) atoms. The van der Waals surface area contributed by atoms with Gasteiger partial charge in [0.25, 0.3) is 0 Å². The lowest BCUT2D eigenvalue weighted by molar-refractivity contribution is -0.121. The molecule has 0 aliphatic heterocycles. The minimum Gasteiger partial charge on any atom is -0.355 e. The predicted octanol–water partition coefficient (Wildman–Crippen LogP) is 1.99. The van der Waals surface area contributed by atoms with Crippen molar-refractivity contribution >= 4 is 31.9 Å². The van der Waals surface area contributed by atoms with Crippen molar-refractivity contribution in [1.29, 1.82) is 0 Å². The van der Waals surface area contributed by atoms with Gasteiger partial charge in [0, 0.05) is 18.1 Å². The van der Waals surface area contributed by atoms with Gasteiger partial charge in [0.05, 0.1) is 11.4 Å². The van der Waals surface area contributed by atoms with E-state index in [1.807, 2.05) is 0 Å². The number of hydrogen-bond donors (Lipinski definition) is 1. The second-order valence-electron chi connectivity index (χ2n) is 5.32. The highest BCUT2D eigenvalue weighted by Gasteiger charge is 2.24. The van der Waals surface area contributed by atoms with Crippen molar-refractivity contribution in [3.05, 3.63) is 28.7 Å². The van der Waals surface area contributed by atoms with Gasteiger partial charge in [0.2, 0.25) is 15.9 Å². The maximum atomic E-state index is 12.3. The first-order valence-corrected chi connectivity index (χ1v) is 9.11. The van der Waals surface area contributed by atoms with Gasteiger partial charge in [-0.05, 0) is 43.0 Å². The van der Waals surface area contributed by atoms with Gasteiger partial charge >= 0.3 is 0 Å². The van der Waals surface area contributed by atoms with Crippen LogP contribution in [0.5, 0.6) is 0 Å². The molecule has 0 radical (unpaired) electrons. The summed E-state index contributed by atoms with van der Waals surface area (Å²) in [4.78, 5) is 12.0. The van der Waals surface area contributed by atoms with Gasteiger partial charge < -0.3 is 5.32 Å². The van der Waals surface area contributed by atoms with Crippen LogP contribution in [-0.2, 0) is 14.8 Å². The van der Waals surface area contributed by atoms with Crippen molar-refractivity contribution < 1.29 is 13.2 Å². The van der Waals surface area contributed by atoms with Crippen LogP contribution in [0.2, 0.25) is 0 Å². The molecule has 1 aromatic rings. The van der Waals surface area contributed by atoms with Gasteiger partial charge in [-0.25, -0.2) is 8.42 Å². The first kappa shape index (κ1) is 16.5. The maximum Gasteiger partial charge on any atom is 0.243 e. The summed E-state index contributed by atoms with van der Waals surface area (Å²) in [7, 11) is -2.21. The molecule has 1 aromatic carbocycles. The zero-order valence-electron chi connectivity index (χ0n) is 11.9. The average Bonchev–Trinajstić information content (AvgIpc) is 2.37. The summed E-state index contributed by atoms with van der Waals surface area (Å²) in [6.07, 6.45) is 3.51. The van der Waals surface area contributed by atoms with E-state index in [0.29, 0.717) is 12.5 Å². The fourth-order valence-corrected chi connectivity index (χ4v) is 3.48. The number of carbonyl (C=O) groups is 1. The van der Waals surface area contributed by atoms with Gasteiger partial charge in [-0.1, -0.05) is 22.4 Å². The number of halogens is 1. The quantitative estimate of drug-likeness (QED) is 0.827. The number of nitrogens with zero attached hydrogens (tertiary/aromatic N) is 1. The number of sulfonamides is 1. The van der Waals surface area contributed by atoms with Crippen molar-refractivity contribution in [2.75, 3.05) is 20.1 Å². The lowest BCUT2D eigenvalue weighted by Gasteiger charge is -2.25. The molecule has 0 spiro atoms. The number of likely N-dealkylation sites (N-methyl/N-ethyl adjacent to an activating group) is 1. The smallest absolute Gasteiger partial charge is 0.243 e. The molecule has 2 rings (SSSR count). The second kappa shape index (κ2) is 6.89. The Morgan fingerprint density at radius 3 is 2.48 bits per heavy atom. The van der Waals surface area contributed by atoms with E-state index in [9.17, 15) is 13.2 Å². The third kappa shape index (κ3) is 4.28. The van der Waals surface area contributed by atoms with Gasteiger partial charge in [0.1, 0.15) is 0 Å². The third-order valence-corrected chi connectivity index (χ3v) is 6.05. The van der Waals surface area contributed by atoms with E-state index in [1.54, 1.807) is 12.1 Å². The van der Waals surface area contributed by atoms with Gasteiger partial charge in [-0.3, -0.25) is 4.79 Å². The van der Waals surface area contributed by atoms with Crippen LogP contribution >= 0.6 is 15.9 Å². The molecule has 1 saturated carbocycles. The van der Waals surface area contributed by atoms with E-state index in [1.165, 1.54) is 25.6 Å². The summed E-state index contributed by atoms with van der Waals surface area (Å²) in [5.74, 6) is 0.299. The second-order valence-corrected chi connectivity index (χ2v) is 8.28. The van der Waals surface area contributed by atoms with E-state index in [-0.39, 0.29) is 17.3 Å². The van der Waals surface area contributed by atoms with Crippen LogP contribution in [0.1, 0.15) is 19.3 Å². The van der Waals surface area contributed by atoms with E-state index in [0.717, 1.165) is 21.6 Å². The molecule has 0 atom stereocenters. The Balaban J connectivity index is 1.92. The normalized spacial score (nSPS) is 15.8. The molecule has 5 nitrogen and oxygen atoms in total. The van der Waals surface area contributed by atoms with Crippen LogP contribution < -0.4 is 5.32 Å². The number of rotatable bonds is 6. The van der Waals surface area contributed by atoms with Crippen molar-refractivity contribution in [2.45, 2.75) is 24.2 Å². The standard InChI is InChI=1S/C14H19BrN2O3S/c1-17(10-14(18)16-9-11-3-2-4-11)21(19,20)13-7-5-12(15)6-8-13/h5-8,11H,2-4,9-10H2,1H3,(H,16,18). The summed E-state index contributed by atoms with van der Waals surface area (Å²) in [5.41, 5.74) is 0. The number of carbonyl (C=O) groups excluding carboxylic acids is 1. The summed E-state index contributed by atoms with van der Waals surface area (Å²) in [6.45, 7) is 0.482. The number of amides is 1. The first-order chi connectivity index (χ1) is 9.89.